The second-order valence-corrected chi connectivity index (χ2v) is 18.0. The molecule has 2 nitrogen and oxygen atoms in total. The van der Waals surface area contributed by atoms with E-state index in [1.807, 2.05) is 11.3 Å². The molecule has 0 spiro atoms. The molecule has 0 fully saturated rings. The fourth-order valence-electron chi connectivity index (χ4n) is 8.94. The van der Waals surface area contributed by atoms with Crippen LogP contribution in [0.4, 0.5) is 17.1 Å². The fourth-order valence-corrected chi connectivity index (χ4v) is 11.3. The minimum atomic E-state index is 1.06. The Hall–Kier alpha value is -7.63. The molecule has 0 amide bonds. The van der Waals surface area contributed by atoms with Crippen LogP contribution in [-0.2, 0) is 0 Å². The van der Waals surface area contributed by atoms with Crippen LogP contribution in [0, 0.1) is 0 Å². The summed E-state index contributed by atoms with van der Waals surface area (Å²) in [6, 6.07) is 83.6. The lowest BCUT2D eigenvalue weighted by Gasteiger charge is -2.29. The van der Waals surface area contributed by atoms with Crippen LogP contribution in [0.25, 0.3) is 96.2 Å². The SMILES string of the molecule is c1ccc(-c2cccc(N(c3ccc(-c4ccc5c(c4)sc4ccc6nc(-c7ccccc7)sc6c45)cc3)c3ccc(-c4ccc5ccccc5c4)cc3-c3ccccc3)c2)cc1. The molecule has 12 aromatic rings. The Morgan fingerprint density at radius 1 is 0.349 bits per heavy atom. The third kappa shape index (κ3) is 6.87. The first kappa shape index (κ1) is 37.2. The fraction of sp³-hybridized carbons (Fsp3) is 0. The van der Waals surface area contributed by atoms with Crippen molar-refractivity contribution in [1.29, 1.82) is 0 Å². The van der Waals surface area contributed by atoms with Gasteiger partial charge in [0.2, 0.25) is 0 Å². The quantitative estimate of drug-likeness (QED) is 0.152. The molecular weight excluding hydrogens is 801 g/mol. The standard InChI is InChI=1S/C59H38N2S2/c1-4-13-39(14-5-1)45-21-12-22-50(36-45)61(54-33-28-47(37-52(54)42-16-6-2-7-17-42)46-24-23-40-15-10-11-20-44(40)35-46)49-29-25-41(26-30-49)48-27-31-51-56(38-48)62-55-34-32-53-58(57(51)55)63-59(60-53)43-18-8-3-9-19-43/h1-38H. The number of fused-ring (bicyclic) bond motifs is 6. The Bertz CT molecular complexity index is 3610. The number of aromatic nitrogens is 1. The van der Waals surface area contributed by atoms with Gasteiger partial charge >= 0.3 is 0 Å². The normalized spacial score (nSPS) is 11.5. The molecule has 296 valence electrons. The van der Waals surface area contributed by atoms with Crippen molar-refractivity contribution < 1.29 is 0 Å². The number of nitrogens with zero attached hydrogens (tertiary/aromatic N) is 2. The van der Waals surface area contributed by atoms with Crippen LogP contribution in [0.2, 0.25) is 0 Å². The average molecular weight is 839 g/mol. The summed E-state index contributed by atoms with van der Waals surface area (Å²) < 4.78 is 3.83. The van der Waals surface area contributed by atoms with Gasteiger partial charge in [-0.05, 0) is 110 Å². The summed E-state index contributed by atoms with van der Waals surface area (Å²) in [4.78, 5) is 7.46. The Morgan fingerprint density at radius 2 is 0.952 bits per heavy atom. The van der Waals surface area contributed by atoms with E-state index in [1.54, 1.807) is 11.3 Å². The van der Waals surface area contributed by atoms with Crippen molar-refractivity contribution in [3.63, 3.8) is 0 Å². The van der Waals surface area contributed by atoms with Crippen LogP contribution in [0.5, 0.6) is 0 Å². The molecule has 0 aliphatic heterocycles. The molecule has 0 saturated heterocycles. The predicted octanol–water partition coefficient (Wildman–Crippen LogP) is 17.6. The molecule has 2 heterocycles. The van der Waals surface area contributed by atoms with Crippen molar-refractivity contribution >= 4 is 80.9 Å². The van der Waals surface area contributed by atoms with E-state index in [0.29, 0.717) is 0 Å². The van der Waals surface area contributed by atoms with E-state index in [0.717, 1.165) is 38.7 Å². The van der Waals surface area contributed by atoms with Gasteiger partial charge in [-0.15, -0.1) is 22.7 Å². The van der Waals surface area contributed by atoms with Gasteiger partial charge in [-0.1, -0.05) is 170 Å². The molecule has 0 saturated carbocycles. The smallest absolute Gasteiger partial charge is 0.124 e. The minimum absolute atomic E-state index is 1.06. The highest BCUT2D eigenvalue weighted by Crippen LogP contribution is 2.46. The van der Waals surface area contributed by atoms with Crippen molar-refractivity contribution in [2.75, 3.05) is 4.90 Å². The number of hydrogen-bond donors (Lipinski definition) is 0. The summed E-state index contributed by atoms with van der Waals surface area (Å²) in [7, 11) is 0. The summed E-state index contributed by atoms with van der Waals surface area (Å²) in [6.45, 7) is 0. The Kier molecular flexibility index (Phi) is 9.25. The van der Waals surface area contributed by atoms with Crippen molar-refractivity contribution in [2.24, 2.45) is 0 Å². The van der Waals surface area contributed by atoms with Gasteiger partial charge in [-0.2, -0.15) is 0 Å². The van der Waals surface area contributed by atoms with Crippen LogP contribution in [0.3, 0.4) is 0 Å². The topological polar surface area (TPSA) is 16.1 Å². The summed E-state index contributed by atoms with van der Waals surface area (Å²) in [6.07, 6.45) is 0. The first-order valence-electron chi connectivity index (χ1n) is 21.3. The molecular formula is C59H38N2S2. The third-order valence-electron chi connectivity index (χ3n) is 12.1. The number of benzene rings is 10. The molecule has 0 N–H and O–H groups in total. The highest BCUT2D eigenvalue weighted by molar-refractivity contribution is 7.28. The maximum absolute atomic E-state index is 5.04. The first-order chi connectivity index (χ1) is 31.2. The van der Waals surface area contributed by atoms with Crippen molar-refractivity contribution in [1.82, 2.24) is 4.98 Å². The molecule has 63 heavy (non-hydrogen) atoms. The van der Waals surface area contributed by atoms with Crippen molar-refractivity contribution in [3.8, 4) is 55.1 Å². The van der Waals surface area contributed by atoms with Gasteiger partial charge in [0.15, 0.2) is 0 Å². The second-order valence-electron chi connectivity index (χ2n) is 15.9. The average Bonchev–Trinajstić information content (AvgIpc) is 3.97. The molecule has 0 unspecified atom stereocenters. The van der Waals surface area contributed by atoms with Gasteiger partial charge in [-0.3, -0.25) is 0 Å². The van der Waals surface area contributed by atoms with E-state index in [1.165, 1.54) is 74.6 Å². The van der Waals surface area contributed by atoms with Gasteiger partial charge in [0.05, 0.1) is 15.9 Å². The monoisotopic (exact) mass is 838 g/mol. The van der Waals surface area contributed by atoms with Crippen LogP contribution in [0.1, 0.15) is 0 Å². The van der Waals surface area contributed by atoms with Gasteiger partial charge in [-0.25, -0.2) is 4.98 Å². The largest absolute Gasteiger partial charge is 0.310 e. The summed E-state index contributed by atoms with van der Waals surface area (Å²) in [5, 5.41) is 6.14. The van der Waals surface area contributed by atoms with E-state index in [9.17, 15) is 0 Å². The highest BCUT2D eigenvalue weighted by Gasteiger charge is 2.20. The minimum Gasteiger partial charge on any atom is -0.310 e. The molecule has 10 aromatic carbocycles. The second kappa shape index (κ2) is 15.7. The van der Waals surface area contributed by atoms with Crippen LogP contribution < -0.4 is 4.90 Å². The molecule has 0 bridgehead atoms. The molecule has 2 aromatic heterocycles. The lowest BCUT2D eigenvalue weighted by atomic mass is 9.94. The zero-order valence-electron chi connectivity index (χ0n) is 34.2. The lowest BCUT2D eigenvalue weighted by molar-refractivity contribution is 1.28. The van der Waals surface area contributed by atoms with E-state index < -0.39 is 0 Å². The van der Waals surface area contributed by atoms with E-state index in [4.69, 9.17) is 4.98 Å². The molecule has 0 radical (unpaired) electrons. The zero-order valence-corrected chi connectivity index (χ0v) is 35.8. The third-order valence-corrected chi connectivity index (χ3v) is 14.3. The number of rotatable bonds is 8. The van der Waals surface area contributed by atoms with E-state index in [2.05, 4.69) is 235 Å². The molecule has 0 atom stereocenters. The van der Waals surface area contributed by atoms with Crippen molar-refractivity contribution in [3.05, 3.63) is 231 Å². The summed E-state index contributed by atoms with van der Waals surface area (Å²) in [5.41, 5.74) is 15.0. The maximum atomic E-state index is 5.04. The summed E-state index contributed by atoms with van der Waals surface area (Å²) in [5.74, 6) is 0. The van der Waals surface area contributed by atoms with E-state index in [-0.39, 0.29) is 0 Å². The number of anilines is 3. The zero-order chi connectivity index (χ0) is 41.7. The van der Waals surface area contributed by atoms with Gasteiger partial charge in [0, 0.05) is 42.7 Å². The molecule has 12 rings (SSSR count). The van der Waals surface area contributed by atoms with Gasteiger partial charge in [0.25, 0.3) is 0 Å². The summed E-state index contributed by atoms with van der Waals surface area (Å²) >= 11 is 3.65. The molecule has 0 aliphatic carbocycles. The first-order valence-corrected chi connectivity index (χ1v) is 22.9. The van der Waals surface area contributed by atoms with Gasteiger partial charge < -0.3 is 4.90 Å². The predicted molar refractivity (Wildman–Crippen MR) is 272 cm³/mol. The lowest BCUT2D eigenvalue weighted by Crippen LogP contribution is -2.11. The number of hydrogen-bond acceptors (Lipinski definition) is 4. The number of thiazole rings is 1. The Labute approximate surface area is 374 Å². The van der Waals surface area contributed by atoms with Crippen LogP contribution in [0.15, 0.2) is 231 Å². The van der Waals surface area contributed by atoms with Gasteiger partial charge in [0.1, 0.15) is 5.01 Å². The van der Waals surface area contributed by atoms with Crippen LogP contribution in [-0.4, -0.2) is 4.98 Å². The highest BCUT2D eigenvalue weighted by atomic mass is 32.1. The number of thiophene rings is 1. The van der Waals surface area contributed by atoms with Crippen molar-refractivity contribution in [2.45, 2.75) is 0 Å². The molecule has 4 heteroatoms. The Balaban J connectivity index is 0.970. The Morgan fingerprint density at radius 3 is 1.75 bits per heavy atom. The maximum Gasteiger partial charge on any atom is 0.124 e. The molecule has 0 aliphatic rings. The van der Waals surface area contributed by atoms with Crippen LogP contribution >= 0.6 is 22.7 Å². The van der Waals surface area contributed by atoms with E-state index >= 15 is 0 Å².